The Morgan fingerprint density at radius 2 is 1.96 bits per heavy atom. The summed E-state index contributed by atoms with van der Waals surface area (Å²) in [6, 6.07) is -1.32. The number of nitrogens with zero attached hydrogens (tertiary/aromatic N) is 2. The van der Waals surface area contributed by atoms with Gasteiger partial charge >= 0.3 is 6.03 Å². The molecule has 0 unspecified atom stereocenters. The molecule has 0 saturated carbocycles. The van der Waals surface area contributed by atoms with Crippen molar-refractivity contribution in [3.8, 4) is 0 Å². The quantitative estimate of drug-likeness (QED) is 0.552. The predicted molar refractivity (Wildman–Crippen MR) is 89.3 cm³/mol. The first kappa shape index (κ1) is 17.4. The number of imide groups is 1. The van der Waals surface area contributed by atoms with E-state index in [0.29, 0.717) is 26.1 Å². The Balaban J connectivity index is 1.53. The van der Waals surface area contributed by atoms with Crippen molar-refractivity contribution in [3.63, 3.8) is 0 Å². The van der Waals surface area contributed by atoms with Crippen molar-refractivity contribution in [2.24, 2.45) is 5.41 Å². The zero-order chi connectivity index (χ0) is 18.0. The first-order chi connectivity index (χ1) is 11.9. The van der Waals surface area contributed by atoms with Crippen LogP contribution in [0.5, 0.6) is 0 Å². The topological polar surface area (TPSA) is 98.8 Å². The summed E-state index contributed by atoms with van der Waals surface area (Å²) in [5.41, 5.74) is 0.0760. The zero-order valence-electron chi connectivity index (χ0n) is 14.3. The predicted octanol–water partition coefficient (Wildman–Crippen LogP) is 0.00170. The van der Waals surface area contributed by atoms with Crippen LogP contribution in [-0.2, 0) is 14.4 Å². The highest BCUT2D eigenvalue weighted by Gasteiger charge is 2.42. The van der Waals surface area contributed by atoms with Crippen LogP contribution in [0.4, 0.5) is 4.79 Å². The number of urea groups is 1. The first-order valence-corrected chi connectivity index (χ1v) is 8.70. The van der Waals surface area contributed by atoms with Gasteiger partial charge in [-0.1, -0.05) is 6.08 Å². The van der Waals surface area contributed by atoms with Gasteiger partial charge in [0.15, 0.2) is 0 Å². The van der Waals surface area contributed by atoms with Crippen molar-refractivity contribution in [1.29, 1.82) is 0 Å². The van der Waals surface area contributed by atoms with Crippen molar-refractivity contribution in [3.05, 3.63) is 12.7 Å². The normalized spacial score (nSPS) is 25.8. The minimum Gasteiger partial charge on any atom is -0.343 e. The molecule has 8 nitrogen and oxygen atoms in total. The fourth-order valence-electron chi connectivity index (χ4n) is 3.97. The van der Waals surface area contributed by atoms with E-state index in [9.17, 15) is 19.2 Å². The SMILES string of the molecule is C=CCN1CC2(CCC1=O)CCN(C(=O)C[C@@H]1NC(=O)NC1=O)CC2. The summed E-state index contributed by atoms with van der Waals surface area (Å²) in [5.74, 6) is -0.392. The van der Waals surface area contributed by atoms with Gasteiger partial charge in [0.1, 0.15) is 6.04 Å². The smallest absolute Gasteiger partial charge is 0.322 e. The molecule has 3 fully saturated rings. The lowest BCUT2D eigenvalue weighted by Crippen LogP contribution is -2.52. The Morgan fingerprint density at radius 1 is 1.24 bits per heavy atom. The maximum Gasteiger partial charge on any atom is 0.322 e. The van der Waals surface area contributed by atoms with E-state index in [4.69, 9.17) is 0 Å². The van der Waals surface area contributed by atoms with Gasteiger partial charge in [0.25, 0.3) is 5.91 Å². The number of rotatable bonds is 4. The summed E-state index contributed by atoms with van der Waals surface area (Å²) in [6.07, 6.45) is 4.85. The summed E-state index contributed by atoms with van der Waals surface area (Å²) in [6.45, 7) is 6.25. The average molecular weight is 348 g/mol. The lowest BCUT2D eigenvalue weighted by molar-refractivity contribution is -0.142. The van der Waals surface area contributed by atoms with E-state index in [2.05, 4.69) is 17.2 Å². The summed E-state index contributed by atoms with van der Waals surface area (Å²) in [7, 11) is 0. The van der Waals surface area contributed by atoms with Gasteiger partial charge in [-0.3, -0.25) is 19.7 Å². The molecule has 1 atom stereocenters. The van der Waals surface area contributed by atoms with Crippen molar-refractivity contribution in [2.75, 3.05) is 26.2 Å². The summed E-state index contributed by atoms with van der Waals surface area (Å²) in [5, 5.41) is 4.59. The Kier molecular flexibility index (Phi) is 4.78. The fourth-order valence-corrected chi connectivity index (χ4v) is 3.97. The van der Waals surface area contributed by atoms with Crippen LogP contribution in [0, 0.1) is 5.41 Å². The number of hydrogen-bond acceptors (Lipinski definition) is 4. The minimum atomic E-state index is -0.772. The van der Waals surface area contributed by atoms with Crippen molar-refractivity contribution < 1.29 is 19.2 Å². The van der Waals surface area contributed by atoms with Crippen LogP contribution in [-0.4, -0.2) is 65.8 Å². The van der Waals surface area contributed by atoms with E-state index in [1.165, 1.54) is 0 Å². The van der Waals surface area contributed by atoms with Crippen LogP contribution in [0.3, 0.4) is 0 Å². The Morgan fingerprint density at radius 3 is 2.56 bits per heavy atom. The van der Waals surface area contributed by atoms with E-state index >= 15 is 0 Å². The third kappa shape index (κ3) is 3.67. The summed E-state index contributed by atoms with van der Waals surface area (Å²) >= 11 is 0. The first-order valence-electron chi connectivity index (χ1n) is 8.70. The molecular weight excluding hydrogens is 324 g/mol. The molecule has 0 bridgehead atoms. The lowest BCUT2D eigenvalue weighted by Gasteiger charge is -2.47. The van der Waals surface area contributed by atoms with Crippen LogP contribution in [0.25, 0.3) is 0 Å². The Bertz CT molecular complexity index is 610. The number of nitrogens with one attached hydrogen (secondary N) is 2. The molecule has 136 valence electrons. The number of piperidine rings is 2. The molecule has 25 heavy (non-hydrogen) atoms. The largest absolute Gasteiger partial charge is 0.343 e. The van der Waals surface area contributed by atoms with Gasteiger partial charge in [-0.2, -0.15) is 0 Å². The highest BCUT2D eigenvalue weighted by Crippen LogP contribution is 2.40. The molecular formula is C17H24N4O4. The van der Waals surface area contributed by atoms with Crippen molar-refractivity contribution in [2.45, 2.75) is 38.1 Å². The van der Waals surface area contributed by atoms with Gasteiger partial charge in [0, 0.05) is 32.6 Å². The molecule has 8 heteroatoms. The monoisotopic (exact) mass is 348 g/mol. The average Bonchev–Trinajstić information content (AvgIpc) is 2.89. The second-order valence-electron chi connectivity index (χ2n) is 7.16. The van der Waals surface area contributed by atoms with Crippen LogP contribution >= 0.6 is 0 Å². The second kappa shape index (κ2) is 6.85. The maximum atomic E-state index is 12.4. The van der Waals surface area contributed by atoms with Gasteiger partial charge in [0.05, 0.1) is 6.42 Å². The lowest BCUT2D eigenvalue weighted by atomic mass is 9.72. The standard InChI is InChI=1S/C17H24N4O4/c1-2-7-21-11-17(4-3-13(21)22)5-8-20(9-6-17)14(23)10-12-15(24)19-16(25)18-12/h2,12H,1,3-11H2,(H2,18,19,24,25)/t12-/m0/s1. The highest BCUT2D eigenvalue weighted by molar-refractivity contribution is 6.05. The number of carbonyl (C=O) groups is 4. The molecule has 0 aliphatic carbocycles. The van der Waals surface area contributed by atoms with Crippen LogP contribution < -0.4 is 10.6 Å². The summed E-state index contributed by atoms with van der Waals surface area (Å²) in [4.78, 5) is 50.7. The molecule has 3 aliphatic rings. The van der Waals surface area contributed by atoms with Gasteiger partial charge in [-0.15, -0.1) is 6.58 Å². The molecule has 5 amide bonds. The Hall–Kier alpha value is -2.38. The Labute approximate surface area is 146 Å². The number of carbonyl (C=O) groups excluding carboxylic acids is 4. The van der Waals surface area contributed by atoms with Gasteiger partial charge in [0.2, 0.25) is 11.8 Å². The molecule has 1 spiro atoms. The summed E-state index contributed by atoms with van der Waals surface area (Å²) < 4.78 is 0. The second-order valence-corrected chi connectivity index (χ2v) is 7.16. The van der Waals surface area contributed by atoms with Crippen LogP contribution in [0.1, 0.15) is 32.1 Å². The molecule has 3 aliphatic heterocycles. The molecule has 0 radical (unpaired) electrons. The van der Waals surface area contributed by atoms with Gasteiger partial charge in [-0.05, 0) is 24.7 Å². The van der Waals surface area contributed by atoms with Gasteiger partial charge < -0.3 is 15.1 Å². The minimum absolute atomic E-state index is 0.00829. The highest BCUT2D eigenvalue weighted by atomic mass is 16.2. The van der Waals surface area contributed by atoms with Gasteiger partial charge in [-0.25, -0.2) is 4.79 Å². The van der Waals surface area contributed by atoms with E-state index < -0.39 is 18.0 Å². The molecule has 3 saturated heterocycles. The third-order valence-electron chi connectivity index (χ3n) is 5.51. The molecule has 0 aromatic carbocycles. The molecule has 0 aromatic rings. The maximum absolute atomic E-state index is 12.4. The van der Waals surface area contributed by atoms with E-state index in [-0.39, 0.29) is 23.7 Å². The number of amides is 5. The molecule has 3 heterocycles. The molecule has 3 rings (SSSR count). The van der Waals surface area contributed by atoms with E-state index in [1.54, 1.807) is 11.0 Å². The van der Waals surface area contributed by atoms with Crippen molar-refractivity contribution >= 4 is 23.8 Å². The number of likely N-dealkylation sites (tertiary alicyclic amines) is 2. The van der Waals surface area contributed by atoms with Crippen molar-refractivity contribution in [1.82, 2.24) is 20.4 Å². The zero-order valence-corrected chi connectivity index (χ0v) is 14.3. The van der Waals surface area contributed by atoms with Crippen LogP contribution in [0.2, 0.25) is 0 Å². The fraction of sp³-hybridized carbons (Fsp3) is 0.647. The van der Waals surface area contributed by atoms with Crippen LogP contribution in [0.15, 0.2) is 12.7 Å². The molecule has 0 aromatic heterocycles. The van der Waals surface area contributed by atoms with E-state index in [0.717, 1.165) is 25.8 Å². The number of hydrogen-bond donors (Lipinski definition) is 2. The van der Waals surface area contributed by atoms with E-state index in [1.807, 2.05) is 4.90 Å². The molecule has 2 N–H and O–H groups in total. The third-order valence-corrected chi connectivity index (χ3v) is 5.51.